The number of rotatable bonds is 1. The second-order valence-corrected chi connectivity index (χ2v) is 2.85. The Morgan fingerprint density at radius 2 is 1.87 bits per heavy atom. The highest BCUT2D eigenvalue weighted by molar-refractivity contribution is 5.93. The van der Waals surface area contributed by atoms with Gasteiger partial charge in [-0.05, 0) is 24.6 Å². The van der Waals surface area contributed by atoms with Gasteiger partial charge in [-0.1, -0.05) is 12.1 Å². The third-order valence-electron chi connectivity index (χ3n) is 1.49. The van der Waals surface area contributed by atoms with E-state index in [1.165, 1.54) is 0 Å². The van der Waals surface area contributed by atoms with Crippen LogP contribution in [-0.2, 0) is 0 Å². The summed E-state index contributed by atoms with van der Waals surface area (Å²) in [6.07, 6.45) is 0. The number of aliphatic imine (C=N–C) groups is 2. The van der Waals surface area contributed by atoms with E-state index in [1.54, 1.807) is 0 Å². The van der Waals surface area contributed by atoms with Crippen LogP contribution < -0.4 is 17.2 Å². The quantitative estimate of drug-likeness (QED) is 0.484. The maximum absolute atomic E-state index is 5.46. The molecule has 5 nitrogen and oxygen atoms in total. The molecule has 15 heavy (non-hydrogen) atoms. The predicted octanol–water partition coefficient (Wildman–Crippen LogP) is 0.636. The maximum atomic E-state index is 5.46. The summed E-state index contributed by atoms with van der Waals surface area (Å²) in [7, 11) is 0. The fourth-order valence-electron chi connectivity index (χ4n) is 0.987. The normalized spacial score (nSPS) is 10.3. The fourth-order valence-corrected chi connectivity index (χ4v) is 0.987. The molecule has 0 aliphatic heterocycles. The fraction of sp³-hybridized carbons (Fsp3) is 0.111. The van der Waals surface area contributed by atoms with Crippen LogP contribution in [-0.4, -0.2) is 11.9 Å². The van der Waals surface area contributed by atoms with Crippen LogP contribution in [0, 0.1) is 6.92 Å². The molecule has 0 saturated carbocycles. The summed E-state index contributed by atoms with van der Waals surface area (Å²) in [5.41, 5.74) is 17.6. The van der Waals surface area contributed by atoms with Gasteiger partial charge in [0.15, 0.2) is 5.96 Å². The number of guanidine groups is 2. The first kappa shape index (κ1) is 13.2. The van der Waals surface area contributed by atoms with E-state index in [0.717, 1.165) is 11.3 Å². The summed E-state index contributed by atoms with van der Waals surface area (Å²) in [4.78, 5) is 7.61. The van der Waals surface area contributed by atoms with Crippen LogP contribution in [0.1, 0.15) is 5.56 Å². The van der Waals surface area contributed by atoms with Gasteiger partial charge in [-0.2, -0.15) is 4.99 Å². The van der Waals surface area contributed by atoms with Gasteiger partial charge in [-0.25, -0.2) is 4.99 Å². The monoisotopic (exact) mass is 227 g/mol. The lowest BCUT2D eigenvalue weighted by atomic mass is 10.2. The Morgan fingerprint density at radius 3 is 2.40 bits per heavy atom. The van der Waals surface area contributed by atoms with Crippen molar-refractivity contribution in [2.75, 3.05) is 0 Å². The highest BCUT2D eigenvalue weighted by atomic mass is 35.5. The first-order chi connectivity index (χ1) is 6.58. The average molecular weight is 228 g/mol. The summed E-state index contributed by atoms with van der Waals surface area (Å²) in [6.45, 7) is 1.97. The van der Waals surface area contributed by atoms with Crippen molar-refractivity contribution in [3.8, 4) is 0 Å². The van der Waals surface area contributed by atoms with Crippen LogP contribution in [0.15, 0.2) is 34.3 Å². The molecule has 0 aliphatic rings. The molecular weight excluding hydrogens is 214 g/mol. The predicted molar refractivity (Wildman–Crippen MR) is 65.5 cm³/mol. The van der Waals surface area contributed by atoms with Crippen LogP contribution in [0.3, 0.4) is 0 Å². The second kappa shape index (κ2) is 5.87. The maximum Gasteiger partial charge on any atom is 0.223 e. The number of hydrogen-bond acceptors (Lipinski definition) is 1. The van der Waals surface area contributed by atoms with Crippen molar-refractivity contribution in [3.05, 3.63) is 29.8 Å². The van der Waals surface area contributed by atoms with Gasteiger partial charge in [0.05, 0.1) is 5.69 Å². The molecule has 0 atom stereocenters. The van der Waals surface area contributed by atoms with Gasteiger partial charge in [-0.3, -0.25) is 0 Å². The number of hydrogen-bond donors (Lipinski definition) is 3. The Morgan fingerprint density at radius 1 is 1.20 bits per heavy atom. The minimum absolute atomic E-state index is 0. The highest BCUT2D eigenvalue weighted by Crippen LogP contribution is 2.12. The molecule has 1 rings (SSSR count). The van der Waals surface area contributed by atoms with Crippen LogP contribution in [0.4, 0.5) is 5.69 Å². The molecule has 0 aliphatic carbocycles. The standard InChI is InChI=1S/C9H13N5.ClH/c1-6-3-2-4-7(5-6)13-9(12)14-8(10)11;/h2-5H,1H3,(H6,10,11,12,13,14);1H. The summed E-state index contributed by atoms with van der Waals surface area (Å²) < 4.78 is 0. The van der Waals surface area contributed by atoms with Crippen LogP contribution in [0.25, 0.3) is 0 Å². The van der Waals surface area contributed by atoms with Crippen molar-refractivity contribution in [3.63, 3.8) is 0 Å². The molecule has 1 aromatic rings. The molecule has 6 heteroatoms. The minimum atomic E-state index is -0.0982. The lowest BCUT2D eigenvalue weighted by Gasteiger charge is -1.96. The Bertz CT molecular complexity index is 382. The van der Waals surface area contributed by atoms with E-state index in [9.17, 15) is 0 Å². The Hall–Kier alpha value is -1.75. The smallest absolute Gasteiger partial charge is 0.223 e. The minimum Gasteiger partial charge on any atom is -0.370 e. The topological polar surface area (TPSA) is 103 Å². The van der Waals surface area contributed by atoms with E-state index in [1.807, 2.05) is 31.2 Å². The van der Waals surface area contributed by atoms with Gasteiger partial charge in [0.25, 0.3) is 0 Å². The molecule has 82 valence electrons. The van der Waals surface area contributed by atoms with E-state index in [2.05, 4.69) is 9.98 Å². The zero-order valence-corrected chi connectivity index (χ0v) is 9.16. The molecule has 0 spiro atoms. The van der Waals surface area contributed by atoms with E-state index < -0.39 is 0 Å². The summed E-state index contributed by atoms with van der Waals surface area (Å²) in [5, 5.41) is 0. The van der Waals surface area contributed by atoms with Crippen molar-refractivity contribution in [1.29, 1.82) is 0 Å². The van der Waals surface area contributed by atoms with E-state index in [4.69, 9.17) is 17.2 Å². The second-order valence-electron chi connectivity index (χ2n) is 2.85. The van der Waals surface area contributed by atoms with Gasteiger partial charge in [-0.15, -0.1) is 12.4 Å². The number of nitrogens with zero attached hydrogens (tertiary/aromatic N) is 2. The van der Waals surface area contributed by atoms with Gasteiger partial charge in [0, 0.05) is 0 Å². The molecule has 0 bridgehead atoms. The SMILES string of the molecule is Cc1cccc(N=C(N)N=C(N)N)c1.Cl. The van der Waals surface area contributed by atoms with Crippen LogP contribution in [0.5, 0.6) is 0 Å². The van der Waals surface area contributed by atoms with Gasteiger partial charge >= 0.3 is 0 Å². The zero-order chi connectivity index (χ0) is 10.6. The highest BCUT2D eigenvalue weighted by Gasteiger charge is 1.92. The van der Waals surface area contributed by atoms with E-state index in [-0.39, 0.29) is 24.3 Å². The Labute approximate surface area is 94.5 Å². The molecule has 0 fully saturated rings. The van der Waals surface area contributed by atoms with E-state index in [0.29, 0.717) is 0 Å². The lowest BCUT2D eigenvalue weighted by Crippen LogP contribution is -2.26. The summed E-state index contributed by atoms with van der Waals surface area (Å²) in [5.74, 6) is -0.0468. The van der Waals surface area contributed by atoms with Crippen LogP contribution in [0.2, 0.25) is 0 Å². The molecule has 0 amide bonds. The first-order valence-electron chi connectivity index (χ1n) is 4.08. The summed E-state index contributed by atoms with van der Waals surface area (Å²) in [6, 6.07) is 7.56. The first-order valence-corrected chi connectivity index (χ1v) is 4.08. The van der Waals surface area contributed by atoms with Gasteiger partial charge < -0.3 is 17.2 Å². The Kier molecular flexibility index (Phi) is 5.19. The van der Waals surface area contributed by atoms with Gasteiger partial charge in [0.1, 0.15) is 0 Å². The number of halogens is 1. The lowest BCUT2D eigenvalue weighted by molar-refractivity contribution is 1.36. The van der Waals surface area contributed by atoms with Crippen LogP contribution >= 0.6 is 12.4 Å². The van der Waals surface area contributed by atoms with Crippen molar-refractivity contribution in [2.45, 2.75) is 6.92 Å². The zero-order valence-electron chi connectivity index (χ0n) is 8.34. The largest absolute Gasteiger partial charge is 0.370 e. The average Bonchev–Trinajstić information content (AvgIpc) is 2.01. The molecule has 0 aromatic heterocycles. The van der Waals surface area contributed by atoms with Crippen molar-refractivity contribution >= 4 is 30.0 Å². The number of nitrogens with two attached hydrogens (primary N) is 3. The molecule has 6 N–H and O–H groups in total. The molecule has 0 heterocycles. The van der Waals surface area contributed by atoms with Crippen molar-refractivity contribution < 1.29 is 0 Å². The molecule has 0 saturated heterocycles. The number of aryl methyl sites for hydroxylation is 1. The molecular formula is C9H14ClN5. The Balaban J connectivity index is 0.00000196. The molecule has 0 radical (unpaired) electrons. The number of benzene rings is 1. The third kappa shape index (κ3) is 4.87. The van der Waals surface area contributed by atoms with Crippen molar-refractivity contribution in [2.24, 2.45) is 27.2 Å². The van der Waals surface area contributed by atoms with E-state index >= 15 is 0 Å². The molecule has 0 unspecified atom stereocenters. The van der Waals surface area contributed by atoms with Crippen molar-refractivity contribution in [1.82, 2.24) is 0 Å². The molecule has 1 aromatic carbocycles. The third-order valence-corrected chi connectivity index (χ3v) is 1.49. The summed E-state index contributed by atoms with van der Waals surface area (Å²) >= 11 is 0. The van der Waals surface area contributed by atoms with Gasteiger partial charge in [0.2, 0.25) is 5.96 Å².